The number of hydrogen-bond donors (Lipinski definition) is 1. The van der Waals surface area contributed by atoms with Crippen molar-refractivity contribution in [2.24, 2.45) is 0 Å². The number of halogens is 1. The second-order valence-electron chi connectivity index (χ2n) is 3.56. The number of benzene rings is 1. The third kappa shape index (κ3) is 2.80. The van der Waals surface area contributed by atoms with Crippen LogP contribution in [0, 0.1) is 13.8 Å². The highest BCUT2D eigenvalue weighted by Gasteiger charge is 2.01. The highest BCUT2D eigenvalue weighted by atomic mass is 79.9. The Kier molecular flexibility index (Phi) is 3.56. The molecule has 5 heteroatoms. The minimum absolute atomic E-state index is 0.771. The summed E-state index contributed by atoms with van der Waals surface area (Å²) in [6.45, 7) is 4.80. The first-order valence-electron chi connectivity index (χ1n) is 4.94. The van der Waals surface area contributed by atoms with Crippen LogP contribution in [-0.2, 0) is 6.54 Å². The van der Waals surface area contributed by atoms with Crippen molar-refractivity contribution in [3.63, 3.8) is 0 Å². The smallest absolute Gasteiger partial charge is 0.205 e. The van der Waals surface area contributed by atoms with Crippen molar-refractivity contribution < 1.29 is 0 Å². The van der Waals surface area contributed by atoms with Gasteiger partial charge in [0.1, 0.15) is 5.01 Å². The Bertz CT molecular complexity index is 496. The highest BCUT2D eigenvalue weighted by Crippen LogP contribution is 2.19. The molecule has 1 heterocycles. The van der Waals surface area contributed by atoms with Gasteiger partial charge in [-0.25, -0.2) is 0 Å². The summed E-state index contributed by atoms with van der Waals surface area (Å²) >= 11 is 5.09. The average molecular weight is 298 g/mol. The number of rotatable bonds is 3. The summed E-state index contributed by atoms with van der Waals surface area (Å²) in [6, 6.07) is 6.34. The molecule has 0 atom stereocenters. The summed E-state index contributed by atoms with van der Waals surface area (Å²) in [5.41, 5.74) is 2.47. The zero-order chi connectivity index (χ0) is 11.5. The van der Waals surface area contributed by atoms with Crippen LogP contribution in [-0.4, -0.2) is 10.2 Å². The molecule has 2 rings (SSSR count). The van der Waals surface area contributed by atoms with Crippen molar-refractivity contribution in [3.05, 3.63) is 38.8 Å². The van der Waals surface area contributed by atoms with E-state index in [2.05, 4.69) is 56.6 Å². The van der Waals surface area contributed by atoms with Crippen molar-refractivity contribution >= 4 is 32.4 Å². The van der Waals surface area contributed by atoms with Crippen LogP contribution in [0.3, 0.4) is 0 Å². The van der Waals surface area contributed by atoms with E-state index in [0.717, 1.165) is 21.2 Å². The summed E-state index contributed by atoms with van der Waals surface area (Å²) in [6.07, 6.45) is 0. The molecule has 1 aromatic carbocycles. The molecule has 0 fully saturated rings. The molecule has 0 bridgehead atoms. The lowest BCUT2D eigenvalue weighted by molar-refractivity contribution is 1.02. The van der Waals surface area contributed by atoms with E-state index in [1.165, 1.54) is 11.1 Å². The van der Waals surface area contributed by atoms with Gasteiger partial charge in [0.05, 0.1) is 0 Å². The van der Waals surface area contributed by atoms with E-state index in [-0.39, 0.29) is 0 Å². The highest BCUT2D eigenvalue weighted by molar-refractivity contribution is 9.10. The van der Waals surface area contributed by atoms with Crippen molar-refractivity contribution in [1.82, 2.24) is 10.2 Å². The molecule has 0 radical (unpaired) electrons. The van der Waals surface area contributed by atoms with Crippen LogP contribution in [0.4, 0.5) is 5.13 Å². The summed E-state index contributed by atoms with van der Waals surface area (Å²) in [7, 11) is 0. The average Bonchev–Trinajstić information content (AvgIpc) is 2.66. The van der Waals surface area contributed by atoms with Crippen LogP contribution in [0.25, 0.3) is 0 Å². The fraction of sp³-hybridized carbons (Fsp3) is 0.273. The lowest BCUT2D eigenvalue weighted by Crippen LogP contribution is -1.99. The lowest BCUT2D eigenvalue weighted by atomic mass is 10.1. The topological polar surface area (TPSA) is 37.8 Å². The maximum absolute atomic E-state index is 4.02. The third-order valence-electron chi connectivity index (χ3n) is 2.21. The van der Waals surface area contributed by atoms with Crippen molar-refractivity contribution in [2.75, 3.05) is 5.32 Å². The first kappa shape index (κ1) is 11.5. The first-order chi connectivity index (χ1) is 7.65. The van der Waals surface area contributed by atoms with Crippen LogP contribution in [0.2, 0.25) is 0 Å². The van der Waals surface area contributed by atoms with Crippen molar-refractivity contribution in [2.45, 2.75) is 20.4 Å². The predicted molar refractivity (Wildman–Crippen MR) is 70.9 cm³/mol. The second kappa shape index (κ2) is 4.93. The molecule has 0 amide bonds. The molecule has 0 aliphatic carbocycles. The van der Waals surface area contributed by atoms with Crippen LogP contribution in [0.15, 0.2) is 22.7 Å². The van der Waals surface area contributed by atoms with Gasteiger partial charge in [0.2, 0.25) is 5.13 Å². The summed E-state index contributed by atoms with van der Waals surface area (Å²) in [4.78, 5) is 0. The Labute approximate surface area is 107 Å². The van der Waals surface area contributed by atoms with Crippen LogP contribution in [0.1, 0.15) is 16.1 Å². The Hall–Kier alpha value is -0.940. The Balaban J connectivity index is 2.02. The van der Waals surface area contributed by atoms with Gasteiger partial charge < -0.3 is 5.32 Å². The van der Waals surface area contributed by atoms with E-state index in [9.17, 15) is 0 Å². The fourth-order valence-electron chi connectivity index (χ4n) is 1.29. The zero-order valence-corrected chi connectivity index (χ0v) is 11.5. The van der Waals surface area contributed by atoms with Gasteiger partial charge in [-0.05, 0) is 31.0 Å². The molecular weight excluding hydrogens is 286 g/mol. The SMILES string of the molecule is Cc1nnc(NCc2ccc(C)c(Br)c2)s1. The maximum Gasteiger partial charge on any atom is 0.205 e. The monoisotopic (exact) mass is 297 g/mol. The van der Waals surface area contributed by atoms with E-state index < -0.39 is 0 Å². The quantitative estimate of drug-likeness (QED) is 0.942. The molecule has 0 spiro atoms. The molecule has 84 valence electrons. The Morgan fingerprint density at radius 1 is 1.31 bits per heavy atom. The minimum atomic E-state index is 0.771. The molecule has 1 N–H and O–H groups in total. The Morgan fingerprint density at radius 2 is 2.12 bits per heavy atom. The van der Waals surface area contributed by atoms with Gasteiger partial charge in [-0.2, -0.15) is 0 Å². The van der Waals surface area contributed by atoms with E-state index in [0.29, 0.717) is 0 Å². The lowest BCUT2D eigenvalue weighted by Gasteiger charge is -2.04. The zero-order valence-electron chi connectivity index (χ0n) is 9.12. The van der Waals surface area contributed by atoms with Gasteiger partial charge in [0, 0.05) is 11.0 Å². The second-order valence-corrected chi connectivity index (χ2v) is 5.60. The molecule has 0 aliphatic rings. The third-order valence-corrected chi connectivity index (χ3v) is 3.86. The van der Waals surface area contributed by atoms with E-state index in [1.54, 1.807) is 11.3 Å². The van der Waals surface area contributed by atoms with E-state index >= 15 is 0 Å². The van der Waals surface area contributed by atoms with Crippen LogP contribution in [0.5, 0.6) is 0 Å². The summed E-state index contributed by atoms with van der Waals surface area (Å²) in [5.74, 6) is 0. The van der Waals surface area contributed by atoms with Crippen molar-refractivity contribution in [1.29, 1.82) is 0 Å². The molecule has 0 saturated carbocycles. The van der Waals surface area contributed by atoms with Crippen LogP contribution >= 0.6 is 27.3 Å². The molecule has 0 saturated heterocycles. The molecule has 16 heavy (non-hydrogen) atoms. The number of aromatic nitrogens is 2. The number of nitrogens with one attached hydrogen (secondary N) is 1. The molecule has 3 nitrogen and oxygen atoms in total. The van der Waals surface area contributed by atoms with Gasteiger partial charge in [-0.3, -0.25) is 0 Å². The molecule has 0 aliphatic heterocycles. The number of anilines is 1. The van der Waals surface area contributed by atoms with Gasteiger partial charge in [0.25, 0.3) is 0 Å². The van der Waals surface area contributed by atoms with Gasteiger partial charge in [-0.15, -0.1) is 10.2 Å². The normalized spacial score (nSPS) is 10.4. The standard InChI is InChI=1S/C11H12BrN3S/c1-7-3-4-9(5-10(7)12)6-13-11-15-14-8(2)16-11/h3-5H,6H2,1-2H3,(H,13,15). The summed E-state index contributed by atoms with van der Waals surface area (Å²) in [5, 5.41) is 13.1. The fourth-order valence-corrected chi connectivity index (χ4v) is 2.31. The van der Waals surface area contributed by atoms with E-state index in [4.69, 9.17) is 0 Å². The predicted octanol–water partition coefficient (Wildman–Crippen LogP) is 3.53. The number of aryl methyl sites for hydroxylation is 2. The largest absolute Gasteiger partial charge is 0.356 e. The number of hydrogen-bond acceptors (Lipinski definition) is 4. The molecule has 1 aromatic heterocycles. The van der Waals surface area contributed by atoms with Crippen molar-refractivity contribution in [3.8, 4) is 0 Å². The van der Waals surface area contributed by atoms with Crippen LogP contribution < -0.4 is 5.32 Å². The molecular formula is C11H12BrN3S. The maximum atomic E-state index is 4.02. The molecule has 2 aromatic rings. The Morgan fingerprint density at radius 3 is 2.75 bits per heavy atom. The van der Waals surface area contributed by atoms with Gasteiger partial charge >= 0.3 is 0 Å². The minimum Gasteiger partial charge on any atom is -0.356 e. The summed E-state index contributed by atoms with van der Waals surface area (Å²) < 4.78 is 1.14. The van der Waals surface area contributed by atoms with E-state index in [1.807, 2.05) is 6.92 Å². The van der Waals surface area contributed by atoms with Gasteiger partial charge in [-0.1, -0.05) is 39.4 Å². The first-order valence-corrected chi connectivity index (χ1v) is 6.55. The number of nitrogens with zero attached hydrogens (tertiary/aromatic N) is 2. The van der Waals surface area contributed by atoms with Gasteiger partial charge in [0.15, 0.2) is 0 Å². The molecule has 0 unspecified atom stereocenters.